The van der Waals surface area contributed by atoms with Crippen LogP contribution in [0.4, 0.5) is 0 Å². The summed E-state index contributed by atoms with van der Waals surface area (Å²) in [6.07, 6.45) is -2.12. The van der Waals surface area contributed by atoms with Gasteiger partial charge in [0.05, 0.1) is 12.8 Å². The largest absolute Gasteiger partial charge is 0.417 e. The predicted molar refractivity (Wildman–Crippen MR) is 110 cm³/mol. The number of hydrogen-bond acceptors (Lipinski definition) is 8. The van der Waals surface area contributed by atoms with Gasteiger partial charge in [-0.2, -0.15) is 4.98 Å². The van der Waals surface area contributed by atoms with Crippen molar-refractivity contribution in [2.75, 3.05) is 6.61 Å². The van der Waals surface area contributed by atoms with Crippen LogP contribution in [0.1, 0.15) is 28.4 Å². The first-order chi connectivity index (χ1) is 15.0. The minimum Gasteiger partial charge on any atom is -0.417 e. The Morgan fingerprint density at radius 2 is 1.77 bits per heavy atom. The Hall–Kier alpha value is -2.75. The highest BCUT2D eigenvalue weighted by atomic mass is 16.6. The molecule has 8 heteroatoms. The van der Waals surface area contributed by atoms with E-state index in [1.54, 1.807) is 0 Å². The first-order valence-corrected chi connectivity index (χ1v) is 10.0. The maximum absolute atomic E-state index is 10.4. The van der Waals surface area contributed by atoms with Crippen LogP contribution in [-0.4, -0.2) is 56.4 Å². The Labute approximate surface area is 179 Å². The number of aromatic nitrogens is 1. The van der Waals surface area contributed by atoms with Crippen LogP contribution in [0.3, 0.4) is 0 Å². The topological polar surface area (TPSA) is 125 Å². The van der Waals surface area contributed by atoms with Gasteiger partial charge in [0.15, 0.2) is 0 Å². The lowest BCUT2D eigenvalue weighted by Gasteiger charge is -2.40. The van der Waals surface area contributed by atoms with Gasteiger partial charge in [0.1, 0.15) is 42.5 Å². The third kappa shape index (κ3) is 4.63. The smallest absolute Gasteiger partial charge is 0.399 e. The van der Waals surface area contributed by atoms with Crippen molar-refractivity contribution in [1.82, 2.24) is 4.98 Å². The molecule has 0 bridgehead atoms. The summed E-state index contributed by atoms with van der Waals surface area (Å²) in [7, 11) is 0. The molecule has 0 saturated carbocycles. The molecule has 0 amide bonds. The van der Waals surface area contributed by atoms with Crippen molar-refractivity contribution < 1.29 is 34.3 Å². The number of aliphatic hydroxyl groups excluding tert-OH is 4. The Morgan fingerprint density at radius 1 is 1.00 bits per heavy atom. The predicted octanol–water partition coefficient (Wildman–Crippen LogP) is 1.88. The van der Waals surface area contributed by atoms with E-state index in [-0.39, 0.29) is 6.08 Å². The van der Waals surface area contributed by atoms with Crippen LogP contribution < -0.4 is 4.74 Å². The van der Waals surface area contributed by atoms with Crippen molar-refractivity contribution in [3.63, 3.8) is 0 Å². The van der Waals surface area contributed by atoms with E-state index in [1.165, 1.54) is 12.5 Å². The molecule has 4 rings (SSSR count). The number of aryl methyl sites for hydroxylation is 1. The van der Waals surface area contributed by atoms with Gasteiger partial charge in [-0.3, -0.25) is 0 Å². The molecule has 4 N–H and O–H groups in total. The van der Waals surface area contributed by atoms with Gasteiger partial charge < -0.3 is 34.3 Å². The highest BCUT2D eigenvalue weighted by molar-refractivity contribution is 5.38. The summed E-state index contributed by atoms with van der Waals surface area (Å²) >= 11 is 0. The van der Waals surface area contributed by atoms with Crippen molar-refractivity contribution in [3.8, 4) is 11.8 Å². The van der Waals surface area contributed by atoms with E-state index in [9.17, 15) is 20.4 Å². The van der Waals surface area contributed by atoms with E-state index in [2.05, 4.69) is 4.98 Å². The highest BCUT2D eigenvalue weighted by Gasteiger charge is 2.43. The molecule has 1 aliphatic rings. The second-order valence-electron chi connectivity index (χ2n) is 7.66. The molecule has 31 heavy (non-hydrogen) atoms. The van der Waals surface area contributed by atoms with Gasteiger partial charge >= 0.3 is 6.08 Å². The van der Waals surface area contributed by atoms with Gasteiger partial charge in [0.25, 0.3) is 0 Å². The van der Waals surface area contributed by atoms with Gasteiger partial charge in [-0.05, 0) is 47.7 Å². The fourth-order valence-electron chi connectivity index (χ4n) is 3.69. The van der Waals surface area contributed by atoms with Gasteiger partial charge in [-0.15, -0.1) is 0 Å². The Morgan fingerprint density at radius 3 is 2.45 bits per heavy atom. The summed E-state index contributed by atoms with van der Waals surface area (Å²) in [5, 5.41) is 39.9. The Bertz CT molecular complexity index is 988. The van der Waals surface area contributed by atoms with E-state index in [4.69, 9.17) is 13.9 Å². The van der Waals surface area contributed by atoms with E-state index >= 15 is 0 Å². The fourth-order valence-corrected chi connectivity index (χ4v) is 3.69. The Balaban J connectivity index is 1.51. The molecule has 8 nitrogen and oxygen atoms in total. The van der Waals surface area contributed by atoms with E-state index < -0.39 is 37.1 Å². The van der Waals surface area contributed by atoms with Crippen LogP contribution >= 0.6 is 0 Å². The van der Waals surface area contributed by atoms with Crippen LogP contribution in [-0.2, 0) is 11.2 Å². The van der Waals surface area contributed by atoms with Crippen LogP contribution in [0.15, 0.2) is 59.3 Å². The molecule has 0 unspecified atom stereocenters. The molecule has 3 aromatic rings. The van der Waals surface area contributed by atoms with Gasteiger partial charge in [0.2, 0.25) is 0 Å². The van der Waals surface area contributed by atoms with Crippen molar-refractivity contribution in [3.05, 3.63) is 77.2 Å². The lowest BCUT2D eigenvalue weighted by Crippen LogP contribution is -2.55. The second kappa shape index (κ2) is 9.17. The zero-order valence-corrected chi connectivity index (χ0v) is 17.0. The van der Waals surface area contributed by atoms with Gasteiger partial charge in [-0.25, -0.2) is 0 Å². The van der Waals surface area contributed by atoms with Crippen molar-refractivity contribution in [2.45, 2.75) is 43.9 Å². The average molecular weight is 427 g/mol. The maximum atomic E-state index is 10.4. The van der Waals surface area contributed by atoms with Crippen molar-refractivity contribution in [1.29, 1.82) is 0 Å². The van der Waals surface area contributed by atoms with Gasteiger partial charge in [-0.1, -0.05) is 30.3 Å². The molecule has 1 aliphatic heterocycles. The van der Waals surface area contributed by atoms with E-state index in [0.29, 0.717) is 17.7 Å². The first-order valence-electron chi connectivity index (χ1n) is 10.0. The number of oxazole rings is 1. The third-order valence-corrected chi connectivity index (χ3v) is 5.53. The zero-order chi connectivity index (χ0) is 22.0. The van der Waals surface area contributed by atoms with E-state index in [1.807, 2.05) is 49.4 Å². The summed E-state index contributed by atoms with van der Waals surface area (Å²) < 4.78 is 16.3. The van der Waals surface area contributed by atoms with Crippen molar-refractivity contribution in [2.24, 2.45) is 0 Å². The molecule has 1 fully saturated rings. The zero-order valence-electron chi connectivity index (χ0n) is 17.0. The number of aliphatic hydroxyl groups is 4. The fraction of sp³-hybridized carbons (Fsp3) is 0.348. The summed E-state index contributed by atoms with van der Waals surface area (Å²) in [4.78, 5) is 3.92. The molecule has 5 atom stereocenters. The summed E-state index contributed by atoms with van der Waals surface area (Å²) in [6, 6.07) is 13.2. The van der Waals surface area contributed by atoms with Crippen LogP contribution in [0, 0.1) is 6.92 Å². The molecular formula is C23H25NO7. The molecule has 0 spiro atoms. The normalized spacial score (nSPS) is 26.0. The molecule has 164 valence electrons. The number of hydrogen-bond donors (Lipinski definition) is 4. The highest BCUT2D eigenvalue weighted by Crippen LogP contribution is 2.33. The van der Waals surface area contributed by atoms with Crippen LogP contribution in [0.2, 0.25) is 0 Å². The molecule has 1 aromatic heterocycles. The molecule has 0 aliphatic carbocycles. The molecule has 2 aromatic carbocycles. The number of ether oxygens (including phenoxy) is 2. The standard InChI is InChI=1S/C23H25NO7/c1-13-2-5-15(22-21(28)20(27)19(26)18(12-25)31-22)11-16(13)10-14-3-6-17(7-4-14)30-23-24-8-9-29-23/h2-9,11,18-22,25-28H,10,12H2,1H3/t18-,19-,20+,21-,22+/m1/s1. The molecule has 0 radical (unpaired) electrons. The Kier molecular flexibility index (Phi) is 6.35. The molecule has 2 heterocycles. The number of benzene rings is 2. The number of nitrogens with zero attached hydrogens (tertiary/aromatic N) is 1. The molecule has 1 saturated heterocycles. The minimum atomic E-state index is -1.41. The second-order valence-corrected chi connectivity index (χ2v) is 7.66. The lowest BCUT2D eigenvalue weighted by molar-refractivity contribution is -0.231. The molecular weight excluding hydrogens is 402 g/mol. The van der Waals surface area contributed by atoms with E-state index in [0.717, 1.165) is 16.7 Å². The van der Waals surface area contributed by atoms with Crippen LogP contribution in [0.25, 0.3) is 0 Å². The third-order valence-electron chi connectivity index (χ3n) is 5.53. The SMILES string of the molecule is Cc1ccc([C@@H]2O[C@H](CO)[C@@H](O)[C@H](O)[C@H]2O)cc1Cc1ccc(Oc2ncco2)cc1. The first kappa shape index (κ1) is 21.5. The quantitative estimate of drug-likeness (QED) is 0.470. The summed E-state index contributed by atoms with van der Waals surface area (Å²) in [5.41, 5.74) is 3.81. The van der Waals surface area contributed by atoms with Gasteiger partial charge in [0, 0.05) is 0 Å². The maximum Gasteiger partial charge on any atom is 0.399 e. The minimum absolute atomic E-state index is 0.177. The number of rotatable bonds is 6. The summed E-state index contributed by atoms with van der Waals surface area (Å²) in [6.45, 7) is 1.54. The lowest BCUT2D eigenvalue weighted by atomic mass is 9.89. The van der Waals surface area contributed by atoms with Crippen molar-refractivity contribution >= 4 is 0 Å². The van der Waals surface area contributed by atoms with Crippen LogP contribution in [0.5, 0.6) is 11.8 Å². The monoisotopic (exact) mass is 427 g/mol. The average Bonchev–Trinajstić information content (AvgIpc) is 3.28. The summed E-state index contributed by atoms with van der Waals surface area (Å²) in [5.74, 6) is 0.609.